The number of hydrogen-bond donors (Lipinski definition) is 1. The monoisotopic (exact) mass is 476 g/mol. The minimum Gasteiger partial charge on any atom is -0.489 e. The third-order valence-corrected chi connectivity index (χ3v) is 6.08. The van der Waals surface area contributed by atoms with Crippen LogP contribution in [0.15, 0.2) is 36.4 Å². The van der Waals surface area contributed by atoms with Gasteiger partial charge in [0.15, 0.2) is 0 Å². The summed E-state index contributed by atoms with van der Waals surface area (Å²) in [7, 11) is 0. The Morgan fingerprint density at radius 3 is 2.43 bits per heavy atom. The lowest BCUT2D eigenvalue weighted by molar-refractivity contribution is -0.128. The van der Waals surface area contributed by atoms with Crippen LogP contribution in [0, 0.1) is 12.3 Å². The molecule has 30 heavy (non-hydrogen) atoms. The van der Waals surface area contributed by atoms with Gasteiger partial charge >= 0.3 is 0 Å². The number of nitrogens with one attached hydrogen (secondary N) is 1. The van der Waals surface area contributed by atoms with Crippen molar-refractivity contribution in [2.75, 3.05) is 0 Å². The van der Waals surface area contributed by atoms with E-state index >= 15 is 0 Å². The van der Waals surface area contributed by atoms with Crippen molar-refractivity contribution in [1.29, 1.82) is 0 Å². The number of halogens is 1. The van der Waals surface area contributed by atoms with Gasteiger partial charge in [0, 0.05) is 35.9 Å². The van der Waals surface area contributed by atoms with Crippen molar-refractivity contribution >= 4 is 28.8 Å². The third kappa shape index (κ3) is 4.90. The summed E-state index contributed by atoms with van der Waals surface area (Å²) in [6.45, 7) is 6.35. The first kappa shape index (κ1) is 24.0. The van der Waals surface area contributed by atoms with E-state index in [9.17, 15) is 9.59 Å². The molecule has 2 heterocycles. The predicted octanol–water partition coefficient (Wildman–Crippen LogP) is 3.76. The highest BCUT2D eigenvalue weighted by Gasteiger charge is 2.46. The van der Waals surface area contributed by atoms with Crippen molar-refractivity contribution in [3.8, 4) is 5.75 Å². The SMILES string of the molecule is Br.Cc1cc(OCc2ccc(C(C)[C@]3(C)CC(=O)NC3=O)cc2)cc(C2CC2)n1.O. The van der Waals surface area contributed by atoms with E-state index in [1.165, 1.54) is 12.8 Å². The average Bonchev–Trinajstić information content (AvgIpc) is 3.47. The van der Waals surface area contributed by atoms with Crippen LogP contribution < -0.4 is 10.1 Å². The highest BCUT2D eigenvalue weighted by molar-refractivity contribution is 8.93. The fraction of sp³-hybridized carbons (Fsp3) is 0.435. The van der Waals surface area contributed by atoms with E-state index in [1.807, 2.05) is 51.1 Å². The number of pyridine rings is 1. The summed E-state index contributed by atoms with van der Waals surface area (Å²) in [6.07, 6.45) is 2.68. The molecule has 1 saturated carbocycles. The Morgan fingerprint density at radius 2 is 1.87 bits per heavy atom. The Hall–Kier alpha value is -2.25. The van der Waals surface area contributed by atoms with Crippen molar-refractivity contribution in [2.45, 2.75) is 58.5 Å². The first-order valence-corrected chi connectivity index (χ1v) is 9.89. The van der Waals surface area contributed by atoms with Crippen LogP contribution in [-0.4, -0.2) is 22.3 Å². The second kappa shape index (κ2) is 9.27. The van der Waals surface area contributed by atoms with E-state index in [4.69, 9.17) is 4.74 Å². The van der Waals surface area contributed by atoms with E-state index in [2.05, 4.69) is 16.4 Å². The van der Waals surface area contributed by atoms with Gasteiger partial charge in [-0.25, -0.2) is 0 Å². The molecule has 2 fully saturated rings. The lowest BCUT2D eigenvalue weighted by Crippen LogP contribution is -2.33. The number of aryl methyl sites for hydroxylation is 1. The fourth-order valence-corrected chi connectivity index (χ4v) is 3.85. The van der Waals surface area contributed by atoms with Crippen LogP contribution in [0.5, 0.6) is 5.75 Å². The van der Waals surface area contributed by atoms with E-state index in [-0.39, 0.29) is 46.6 Å². The Labute approximate surface area is 187 Å². The molecule has 1 aliphatic heterocycles. The molecule has 2 aliphatic rings. The van der Waals surface area contributed by atoms with E-state index in [0.717, 1.165) is 28.3 Å². The van der Waals surface area contributed by atoms with Crippen molar-refractivity contribution in [3.63, 3.8) is 0 Å². The maximum Gasteiger partial charge on any atom is 0.233 e. The molecule has 1 saturated heterocycles. The second-order valence-corrected chi connectivity index (χ2v) is 8.37. The number of carbonyl (C=O) groups is 2. The van der Waals surface area contributed by atoms with Crippen molar-refractivity contribution in [2.24, 2.45) is 5.41 Å². The van der Waals surface area contributed by atoms with E-state index < -0.39 is 5.41 Å². The zero-order valence-corrected chi connectivity index (χ0v) is 19.2. The molecule has 0 radical (unpaired) electrons. The van der Waals surface area contributed by atoms with Gasteiger partial charge in [-0.05, 0) is 43.7 Å². The standard InChI is InChI=1S/C23H26N2O3.BrH.H2O/c1-14-10-19(11-20(24-14)18-8-9-18)28-13-16-4-6-17(7-5-16)15(2)23(3)12-21(26)25-22(23)27;;/h4-7,10-11,15,18H,8-9,12-13H2,1-3H3,(H,25,26,27);1H;1H2/t15?,23-;;/m0../s1. The number of benzene rings is 1. The van der Waals surface area contributed by atoms with Gasteiger partial charge < -0.3 is 10.2 Å². The quantitative estimate of drug-likeness (QED) is 0.641. The molecule has 1 unspecified atom stereocenters. The van der Waals surface area contributed by atoms with Crippen LogP contribution in [0.4, 0.5) is 0 Å². The van der Waals surface area contributed by atoms with Gasteiger partial charge in [0.2, 0.25) is 11.8 Å². The largest absolute Gasteiger partial charge is 0.489 e. The molecule has 1 aromatic heterocycles. The molecule has 6 nitrogen and oxygen atoms in total. The molecule has 1 aromatic carbocycles. The fourth-order valence-electron chi connectivity index (χ4n) is 3.85. The van der Waals surface area contributed by atoms with E-state index in [1.54, 1.807) is 0 Å². The first-order chi connectivity index (χ1) is 13.3. The maximum atomic E-state index is 12.2. The molecule has 7 heteroatoms. The molecule has 4 rings (SSSR count). The van der Waals surface area contributed by atoms with E-state index in [0.29, 0.717) is 12.5 Å². The highest BCUT2D eigenvalue weighted by Crippen LogP contribution is 2.42. The first-order valence-electron chi connectivity index (χ1n) is 9.89. The lowest BCUT2D eigenvalue weighted by atomic mass is 9.73. The normalized spacial score (nSPS) is 21.3. The molecule has 2 amide bonds. The molecular formula is C23H29BrN2O4. The summed E-state index contributed by atoms with van der Waals surface area (Å²) in [5.41, 5.74) is 3.54. The van der Waals surface area contributed by atoms with Crippen LogP contribution >= 0.6 is 17.0 Å². The summed E-state index contributed by atoms with van der Waals surface area (Å²) >= 11 is 0. The topological polar surface area (TPSA) is 99.8 Å². The smallest absolute Gasteiger partial charge is 0.233 e. The van der Waals surface area contributed by atoms with Crippen LogP contribution in [0.1, 0.15) is 67.5 Å². The molecular weight excluding hydrogens is 448 g/mol. The molecule has 0 spiro atoms. The van der Waals surface area contributed by atoms with Crippen LogP contribution in [-0.2, 0) is 16.2 Å². The number of hydrogen-bond acceptors (Lipinski definition) is 4. The summed E-state index contributed by atoms with van der Waals surface area (Å²) in [5, 5.41) is 2.43. The zero-order valence-electron chi connectivity index (χ0n) is 17.5. The van der Waals surface area contributed by atoms with Crippen LogP contribution in [0.3, 0.4) is 0 Å². The minimum absolute atomic E-state index is 0. The average molecular weight is 477 g/mol. The molecule has 2 atom stereocenters. The van der Waals surface area contributed by atoms with Crippen LogP contribution in [0.2, 0.25) is 0 Å². The second-order valence-electron chi connectivity index (χ2n) is 8.37. The highest BCUT2D eigenvalue weighted by atomic mass is 79.9. The molecule has 162 valence electrons. The number of nitrogens with zero attached hydrogens (tertiary/aromatic N) is 1. The van der Waals surface area contributed by atoms with Gasteiger partial charge in [0.05, 0.1) is 5.41 Å². The van der Waals surface area contributed by atoms with Gasteiger partial charge in [-0.15, -0.1) is 17.0 Å². The summed E-state index contributed by atoms with van der Waals surface area (Å²) in [4.78, 5) is 28.4. The molecule has 2 aromatic rings. The lowest BCUT2D eigenvalue weighted by Gasteiger charge is -2.28. The van der Waals surface area contributed by atoms with Crippen molar-refractivity contribution < 1.29 is 19.8 Å². The van der Waals surface area contributed by atoms with Gasteiger partial charge in [-0.2, -0.15) is 0 Å². The molecule has 1 aliphatic carbocycles. The Bertz CT molecular complexity index is 927. The molecule has 3 N–H and O–H groups in total. The molecule has 0 bridgehead atoms. The Morgan fingerprint density at radius 1 is 1.20 bits per heavy atom. The number of amides is 2. The number of aromatic nitrogens is 1. The van der Waals surface area contributed by atoms with Gasteiger partial charge in [0.25, 0.3) is 0 Å². The summed E-state index contributed by atoms with van der Waals surface area (Å²) in [5.74, 6) is 1.04. The van der Waals surface area contributed by atoms with Gasteiger partial charge in [0.1, 0.15) is 12.4 Å². The summed E-state index contributed by atoms with van der Waals surface area (Å²) in [6, 6.07) is 12.1. The number of imide groups is 1. The Kier molecular flexibility index (Phi) is 7.42. The summed E-state index contributed by atoms with van der Waals surface area (Å²) < 4.78 is 5.99. The third-order valence-electron chi connectivity index (χ3n) is 6.08. The number of rotatable bonds is 6. The van der Waals surface area contributed by atoms with Crippen LogP contribution in [0.25, 0.3) is 0 Å². The minimum atomic E-state index is -0.692. The predicted molar refractivity (Wildman–Crippen MR) is 120 cm³/mol. The van der Waals surface area contributed by atoms with Crippen molar-refractivity contribution in [3.05, 3.63) is 58.9 Å². The maximum absolute atomic E-state index is 12.2. The van der Waals surface area contributed by atoms with Gasteiger partial charge in [-0.1, -0.05) is 31.2 Å². The van der Waals surface area contributed by atoms with Crippen molar-refractivity contribution in [1.82, 2.24) is 10.3 Å². The Balaban J connectivity index is 0.00000160. The zero-order chi connectivity index (χ0) is 19.9. The number of ether oxygens (including phenoxy) is 1. The van der Waals surface area contributed by atoms with Gasteiger partial charge in [-0.3, -0.25) is 19.9 Å². The number of carbonyl (C=O) groups excluding carboxylic acids is 2.